The van der Waals surface area contributed by atoms with Crippen LogP contribution in [0.3, 0.4) is 0 Å². The molecule has 3 unspecified atom stereocenters. The van der Waals surface area contributed by atoms with Gasteiger partial charge in [0.15, 0.2) is 47.4 Å². The summed E-state index contributed by atoms with van der Waals surface area (Å²) in [7, 11) is -9.28. The summed E-state index contributed by atoms with van der Waals surface area (Å²) in [5, 5.41) is 0. The summed E-state index contributed by atoms with van der Waals surface area (Å²) in [5.41, 5.74) is 10.7. The quantitative estimate of drug-likeness (QED) is 0.208. The van der Waals surface area contributed by atoms with Crippen molar-refractivity contribution in [1.29, 1.82) is 0 Å². The molecule has 0 spiro atoms. The SMILES string of the molecule is CP1(=O)OC[C@H]2O[C@@H](n3cnc4c(N)ncnc43)[C@H](F)[C@@H]2OP(=O)(O)OCC2O[C@@H](n3cnc4c(=O)[nH]c(N)nc43)[C@H](F)[C@@H]2O1. The highest BCUT2D eigenvalue weighted by molar-refractivity contribution is 7.53. The lowest BCUT2D eigenvalue weighted by Gasteiger charge is -2.28. The van der Waals surface area contributed by atoms with Gasteiger partial charge in [-0.15, -0.1) is 0 Å². The van der Waals surface area contributed by atoms with E-state index >= 15 is 8.78 Å². The highest BCUT2D eigenvalue weighted by Crippen LogP contribution is 2.54. The number of phosphoric ester groups is 1. The number of hydrogen-bond acceptors (Lipinski definition) is 16. The predicted octanol–water partition coefficient (Wildman–Crippen LogP) is 0.335. The van der Waals surface area contributed by atoms with Crippen molar-refractivity contribution < 1.29 is 50.4 Å². The molecule has 3 aliphatic rings. The van der Waals surface area contributed by atoms with Gasteiger partial charge in [0.1, 0.15) is 36.3 Å². The van der Waals surface area contributed by atoms with E-state index in [0.29, 0.717) is 0 Å². The van der Waals surface area contributed by atoms with E-state index in [-0.39, 0.29) is 34.1 Å². The third kappa shape index (κ3) is 5.30. The molecule has 0 bridgehead atoms. The van der Waals surface area contributed by atoms with Crippen LogP contribution in [0.5, 0.6) is 0 Å². The normalized spacial score (nSPS) is 37.7. The number of nitrogens with two attached hydrogens (primary N) is 2. The lowest BCUT2D eigenvalue weighted by molar-refractivity contribution is -0.0615. The molecule has 3 saturated heterocycles. The van der Waals surface area contributed by atoms with Crippen LogP contribution in [0.25, 0.3) is 22.3 Å². The van der Waals surface area contributed by atoms with Crippen LogP contribution in [0.4, 0.5) is 20.5 Å². The van der Waals surface area contributed by atoms with E-state index in [9.17, 15) is 18.8 Å². The maximum Gasteiger partial charge on any atom is 0.472 e. The van der Waals surface area contributed by atoms with Gasteiger partial charge in [-0.2, -0.15) is 4.98 Å². The van der Waals surface area contributed by atoms with Crippen molar-refractivity contribution in [3.05, 3.63) is 29.3 Å². The lowest BCUT2D eigenvalue weighted by Crippen LogP contribution is -2.37. The minimum atomic E-state index is -5.10. The minimum Gasteiger partial charge on any atom is -0.382 e. The first-order valence-corrected chi connectivity index (χ1v) is 16.6. The summed E-state index contributed by atoms with van der Waals surface area (Å²) in [6.45, 7) is -0.491. The number of nitrogens with one attached hydrogen (secondary N) is 1. The lowest BCUT2D eigenvalue weighted by atomic mass is 10.1. The Balaban J connectivity index is 1.17. The molecule has 0 aliphatic carbocycles. The van der Waals surface area contributed by atoms with Crippen LogP contribution in [-0.2, 0) is 36.7 Å². The summed E-state index contributed by atoms with van der Waals surface area (Å²) >= 11 is 0. The van der Waals surface area contributed by atoms with Crippen LogP contribution in [0, 0.1) is 0 Å². The van der Waals surface area contributed by atoms with E-state index in [2.05, 4.69) is 29.9 Å². The molecule has 4 aromatic heterocycles. The molecule has 7 rings (SSSR count). The number of aromatic nitrogens is 8. The molecular weight excluding hydrogens is 652 g/mol. The third-order valence-electron chi connectivity index (χ3n) is 7.36. The first-order valence-electron chi connectivity index (χ1n) is 13.1. The molecule has 7 heterocycles. The highest BCUT2D eigenvalue weighted by Gasteiger charge is 2.54. The largest absolute Gasteiger partial charge is 0.472 e. The summed E-state index contributed by atoms with van der Waals surface area (Å²) in [5.74, 6) is -0.259. The van der Waals surface area contributed by atoms with Gasteiger partial charge in [-0.3, -0.25) is 37.0 Å². The van der Waals surface area contributed by atoms with Crippen LogP contribution in [0.15, 0.2) is 23.8 Å². The molecule has 20 nitrogen and oxygen atoms in total. The standard InChI is InChI=1S/C21H24F2N10O10P2/c1-44(35)38-2-7-14(10(23)19(40-7)32-5-28-11-15(24)26-4-27-16(11)32)43-45(36,37)39-3-8-13(42-44)9(22)20(41-8)33-6-29-12-17(33)30-21(25)31-18(12)34/h4-10,13-14,19-20H,2-3H2,1H3,(H,36,37)(H2,24,26,27)(H3,25,30,31,34)/t7-,8?,9-,10-,13-,14-,19-,20-,44?/m1/s1. The number of phosphoric acid groups is 1. The topological polar surface area (TPSA) is 269 Å². The van der Waals surface area contributed by atoms with Gasteiger partial charge in [-0.25, -0.2) is 33.3 Å². The number of nitrogens with zero attached hydrogens (tertiary/aromatic N) is 7. The number of aromatic amines is 1. The fraction of sp³-hybridized carbons (Fsp3) is 0.524. The molecule has 0 aromatic carbocycles. The van der Waals surface area contributed by atoms with Gasteiger partial charge >= 0.3 is 15.4 Å². The average molecular weight is 676 g/mol. The minimum absolute atomic E-state index is 0.0204. The zero-order chi connectivity index (χ0) is 31.8. The summed E-state index contributed by atoms with van der Waals surface area (Å²) in [4.78, 5) is 44.8. The Morgan fingerprint density at radius 3 is 2.20 bits per heavy atom. The van der Waals surface area contributed by atoms with E-state index in [1.54, 1.807) is 0 Å². The van der Waals surface area contributed by atoms with Crippen molar-refractivity contribution in [1.82, 2.24) is 39.0 Å². The molecular formula is C21H24F2N10O10P2. The second kappa shape index (κ2) is 10.8. The second-order valence-electron chi connectivity index (χ2n) is 10.3. The summed E-state index contributed by atoms with van der Waals surface area (Å²) in [6.07, 6.45) is -10.4. The fourth-order valence-corrected chi connectivity index (χ4v) is 7.48. The van der Waals surface area contributed by atoms with Gasteiger partial charge in [-0.1, -0.05) is 0 Å². The van der Waals surface area contributed by atoms with Crippen molar-refractivity contribution in [2.24, 2.45) is 0 Å². The number of nitrogen functional groups attached to an aromatic ring is 2. The molecule has 4 aromatic rings. The number of H-pyrrole nitrogens is 1. The molecule has 6 N–H and O–H groups in total. The maximum atomic E-state index is 16.0. The summed E-state index contributed by atoms with van der Waals surface area (Å²) in [6, 6.07) is 0. The Bertz CT molecular complexity index is 1940. The molecule has 242 valence electrons. The van der Waals surface area contributed by atoms with Gasteiger partial charge in [0.2, 0.25) is 5.95 Å². The van der Waals surface area contributed by atoms with Crippen molar-refractivity contribution in [3.8, 4) is 0 Å². The van der Waals surface area contributed by atoms with Crippen LogP contribution in [-0.4, -0.2) is 101 Å². The zero-order valence-electron chi connectivity index (χ0n) is 22.8. The van der Waals surface area contributed by atoms with Crippen LogP contribution < -0.4 is 17.0 Å². The number of anilines is 2. The van der Waals surface area contributed by atoms with E-state index in [4.69, 9.17) is 39.0 Å². The Labute approximate surface area is 249 Å². The summed E-state index contributed by atoms with van der Waals surface area (Å²) < 4.78 is 93.4. The van der Waals surface area contributed by atoms with Gasteiger partial charge in [-0.05, 0) is 0 Å². The molecule has 45 heavy (non-hydrogen) atoms. The molecule has 24 heteroatoms. The fourth-order valence-electron chi connectivity index (χ4n) is 5.35. The van der Waals surface area contributed by atoms with Crippen LogP contribution in [0.2, 0.25) is 0 Å². The average Bonchev–Trinajstić information content (AvgIpc) is 3.72. The number of fused-ring (bicyclic) bond motifs is 4. The predicted molar refractivity (Wildman–Crippen MR) is 145 cm³/mol. The van der Waals surface area contributed by atoms with Gasteiger partial charge in [0.25, 0.3) is 5.56 Å². The number of hydrogen-bond donors (Lipinski definition) is 4. The first kappa shape index (κ1) is 30.2. The van der Waals surface area contributed by atoms with E-state index in [1.165, 1.54) is 10.9 Å². The van der Waals surface area contributed by atoms with Crippen LogP contribution in [0.1, 0.15) is 12.5 Å². The van der Waals surface area contributed by atoms with Gasteiger partial charge < -0.3 is 30.4 Å². The zero-order valence-corrected chi connectivity index (χ0v) is 24.6. The number of imidazole rings is 2. The smallest absolute Gasteiger partial charge is 0.382 e. The van der Waals surface area contributed by atoms with Gasteiger partial charge in [0.05, 0.1) is 25.9 Å². The highest BCUT2D eigenvalue weighted by atomic mass is 31.2. The second-order valence-corrected chi connectivity index (χ2v) is 13.8. The van der Waals surface area contributed by atoms with Gasteiger partial charge in [0, 0.05) is 6.66 Å². The first-order chi connectivity index (χ1) is 21.3. The van der Waals surface area contributed by atoms with E-state index in [1.807, 2.05) is 0 Å². The van der Waals surface area contributed by atoms with E-state index < -0.39 is 83.4 Å². The molecule has 3 aliphatic heterocycles. The Kier molecular flexibility index (Phi) is 7.26. The molecule has 0 amide bonds. The molecule has 0 radical (unpaired) electrons. The third-order valence-corrected chi connectivity index (χ3v) is 9.59. The molecule has 10 atom stereocenters. The Hall–Kier alpha value is -3.46. The molecule has 3 fully saturated rings. The molecule has 0 saturated carbocycles. The van der Waals surface area contributed by atoms with Crippen molar-refractivity contribution in [3.63, 3.8) is 0 Å². The number of rotatable bonds is 2. The maximum absolute atomic E-state index is 16.0. The Morgan fingerprint density at radius 2 is 1.51 bits per heavy atom. The number of alkyl halides is 2. The van der Waals surface area contributed by atoms with Crippen molar-refractivity contribution in [2.45, 2.75) is 49.2 Å². The monoisotopic (exact) mass is 676 g/mol. The van der Waals surface area contributed by atoms with Crippen molar-refractivity contribution in [2.75, 3.05) is 31.3 Å². The number of ether oxygens (including phenoxy) is 2. The number of halogens is 2. The Morgan fingerprint density at radius 1 is 0.911 bits per heavy atom. The van der Waals surface area contributed by atoms with Crippen LogP contribution >= 0.6 is 15.4 Å². The van der Waals surface area contributed by atoms with E-state index in [0.717, 1.165) is 23.9 Å². The van der Waals surface area contributed by atoms with Crippen molar-refractivity contribution >= 4 is 49.5 Å².